The molecular formula is C33H38O6. The average molecular weight is 531 g/mol. The zero-order valence-electron chi connectivity index (χ0n) is 22.3. The summed E-state index contributed by atoms with van der Waals surface area (Å²) in [6, 6.07) is 30.1. The molecule has 1 saturated heterocycles. The molecule has 0 spiro atoms. The van der Waals surface area contributed by atoms with Crippen LogP contribution in [0.1, 0.15) is 16.7 Å². The van der Waals surface area contributed by atoms with Crippen LogP contribution in [0.3, 0.4) is 0 Å². The third-order valence-electron chi connectivity index (χ3n) is 6.34. The fourth-order valence-electron chi connectivity index (χ4n) is 4.46. The molecule has 0 aromatic heterocycles. The minimum atomic E-state index is -0.707. The fraction of sp³-hybridized carbons (Fsp3) is 0.333. The summed E-state index contributed by atoms with van der Waals surface area (Å²) < 4.78 is 37.9. The third-order valence-corrected chi connectivity index (χ3v) is 6.34. The highest BCUT2D eigenvalue weighted by molar-refractivity contribution is 5.15. The number of ether oxygens (including phenoxy) is 6. The van der Waals surface area contributed by atoms with Crippen molar-refractivity contribution in [3.63, 3.8) is 0 Å². The SMILES string of the molecule is C=CCO[C@H]1O[C@H](COCc2ccccc2)[C@@H](OCC=C)[C@H](OCc2ccccc2)[C@H]1OCc1ccccc1. The molecule has 6 nitrogen and oxygen atoms in total. The summed E-state index contributed by atoms with van der Waals surface area (Å²) in [5, 5.41) is 0. The highest BCUT2D eigenvalue weighted by atomic mass is 16.7. The molecule has 4 rings (SSSR count). The van der Waals surface area contributed by atoms with Crippen LogP contribution < -0.4 is 0 Å². The highest BCUT2D eigenvalue weighted by Crippen LogP contribution is 2.31. The number of hydrogen-bond acceptors (Lipinski definition) is 6. The molecule has 1 aliphatic rings. The van der Waals surface area contributed by atoms with Crippen molar-refractivity contribution >= 4 is 0 Å². The van der Waals surface area contributed by atoms with Crippen LogP contribution in [0.25, 0.3) is 0 Å². The smallest absolute Gasteiger partial charge is 0.187 e. The van der Waals surface area contributed by atoms with E-state index in [9.17, 15) is 0 Å². The Balaban J connectivity index is 1.57. The molecule has 0 saturated carbocycles. The largest absolute Gasteiger partial charge is 0.374 e. The molecule has 6 heteroatoms. The quantitative estimate of drug-likeness (QED) is 0.216. The van der Waals surface area contributed by atoms with E-state index < -0.39 is 30.7 Å². The van der Waals surface area contributed by atoms with Crippen molar-refractivity contribution in [3.05, 3.63) is 133 Å². The van der Waals surface area contributed by atoms with Crippen molar-refractivity contribution in [2.45, 2.75) is 50.5 Å². The van der Waals surface area contributed by atoms with Gasteiger partial charge in [0.1, 0.15) is 24.4 Å². The Bertz CT molecular complexity index is 1090. The molecule has 0 aliphatic carbocycles. The lowest BCUT2D eigenvalue weighted by molar-refractivity contribution is -0.324. The first kappa shape index (κ1) is 28.9. The summed E-state index contributed by atoms with van der Waals surface area (Å²) >= 11 is 0. The Kier molecular flexibility index (Phi) is 11.9. The van der Waals surface area contributed by atoms with E-state index in [4.69, 9.17) is 28.4 Å². The molecule has 0 bridgehead atoms. The van der Waals surface area contributed by atoms with E-state index >= 15 is 0 Å². The van der Waals surface area contributed by atoms with Gasteiger partial charge in [0.05, 0.1) is 39.6 Å². The first-order chi connectivity index (χ1) is 19.3. The van der Waals surface area contributed by atoms with E-state index in [0.717, 1.165) is 16.7 Å². The first-order valence-corrected chi connectivity index (χ1v) is 13.3. The molecule has 0 N–H and O–H groups in total. The predicted octanol–water partition coefficient (Wildman–Crippen LogP) is 5.87. The maximum atomic E-state index is 6.56. The molecule has 3 aromatic carbocycles. The summed E-state index contributed by atoms with van der Waals surface area (Å²) in [7, 11) is 0. The van der Waals surface area contributed by atoms with E-state index in [1.54, 1.807) is 12.2 Å². The Labute approximate surface area is 231 Å². The molecule has 0 unspecified atom stereocenters. The van der Waals surface area contributed by atoms with E-state index in [0.29, 0.717) is 39.6 Å². The molecule has 1 fully saturated rings. The van der Waals surface area contributed by atoms with Gasteiger partial charge >= 0.3 is 0 Å². The van der Waals surface area contributed by atoms with E-state index in [1.165, 1.54) is 0 Å². The van der Waals surface area contributed by atoms with Gasteiger partial charge in [-0.15, -0.1) is 13.2 Å². The summed E-state index contributed by atoms with van der Waals surface area (Å²) in [5.74, 6) is 0. The van der Waals surface area contributed by atoms with Gasteiger partial charge in [0, 0.05) is 0 Å². The zero-order chi connectivity index (χ0) is 27.1. The van der Waals surface area contributed by atoms with Crippen molar-refractivity contribution in [3.8, 4) is 0 Å². The molecule has 206 valence electrons. The van der Waals surface area contributed by atoms with E-state index in [2.05, 4.69) is 13.2 Å². The average Bonchev–Trinajstić information content (AvgIpc) is 2.99. The van der Waals surface area contributed by atoms with Gasteiger partial charge in [-0.1, -0.05) is 103 Å². The normalized spacial score (nSPS) is 22.8. The van der Waals surface area contributed by atoms with Gasteiger partial charge in [0.2, 0.25) is 0 Å². The van der Waals surface area contributed by atoms with Crippen LogP contribution in [-0.2, 0) is 48.2 Å². The Morgan fingerprint density at radius 2 is 1.05 bits per heavy atom. The summed E-state index contributed by atoms with van der Waals surface area (Å²) in [5.41, 5.74) is 3.17. The molecule has 5 atom stereocenters. The molecule has 3 aromatic rings. The van der Waals surface area contributed by atoms with Crippen molar-refractivity contribution in [1.29, 1.82) is 0 Å². The van der Waals surface area contributed by atoms with Crippen LogP contribution in [0.2, 0.25) is 0 Å². The van der Waals surface area contributed by atoms with Crippen LogP contribution in [0, 0.1) is 0 Å². The van der Waals surface area contributed by atoms with Crippen LogP contribution in [0.4, 0.5) is 0 Å². The van der Waals surface area contributed by atoms with Crippen LogP contribution >= 0.6 is 0 Å². The highest BCUT2D eigenvalue weighted by Gasteiger charge is 2.49. The van der Waals surface area contributed by atoms with Gasteiger partial charge < -0.3 is 28.4 Å². The topological polar surface area (TPSA) is 55.4 Å². The van der Waals surface area contributed by atoms with Gasteiger partial charge in [-0.3, -0.25) is 0 Å². The number of benzene rings is 3. The summed E-state index contributed by atoms with van der Waals surface area (Å²) in [4.78, 5) is 0. The third kappa shape index (κ3) is 8.97. The minimum Gasteiger partial charge on any atom is -0.374 e. The minimum absolute atomic E-state index is 0.293. The van der Waals surface area contributed by atoms with Crippen LogP contribution in [0.15, 0.2) is 116 Å². The summed E-state index contributed by atoms with van der Waals surface area (Å²) in [6.45, 7) is 9.78. The van der Waals surface area contributed by atoms with Gasteiger partial charge in [0.25, 0.3) is 0 Å². The van der Waals surface area contributed by atoms with Crippen molar-refractivity contribution in [2.24, 2.45) is 0 Å². The van der Waals surface area contributed by atoms with Gasteiger partial charge in [0.15, 0.2) is 6.29 Å². The van der Waals surface area contributed by atoms with Gasteiger partial charge in [-0.25, -0.2) is 0 Å². The van der Waals surface area contributed by atoms with Crippen LogP contribution in [-0.4, -0.2) is 50.5 Å². The maximum absolute atomic E-state index is 6.56. The molecule has 1 heterocycles. The zero-order valence-corrected chi connectivity index (χ0v) is 22.3. The summed E-state index contributed by atoms with van der Waals surface area (Å²) in [6.07, 6.45) is 0.709. The molecular weight excluding hydrogens is 492 g/mol. The number of rotatable bonds is 16. The van der Waals surface area contributed by atoms with Gasteiger partial charge in [-0.2, -0.15) is 0 Å². The van der Waals surface area contributed by atoms with E-state index in [1.807, 2.05) is 91.0 Å². The molecule has 0 radical (unpaired) electrons. The first-order valence-electron chi connectivity index (χ1n) is 13.3. The Hall–Kier alpha value is -3.10. The standard InChI is InChI=1S/C33H38O6/c1-3-20-35-30-29(25-34-22-26-14-8-5-9-15-26)39-33(36-21-4-2)32(38-24-28-18-12-7-13-19-28)31(30)37-23-27-16-10-6-11-17-27/h3-19,29-33H,1-2,20-25H2/t29-,30-,31+,32-,33+/m1/s1. The second-order valence-corrected chi connectivity index (χ2v) is 9.27. The molecule has 39 heavy (non-hydrogen) atoms. The van der Waals surface area contributed by atoms with Crippen molar-refractivity contribution < 1.29 is 28.4 Å². The van der Waals surface area contributed by atoms with Crippen molar-refractivity contribution in [1.82, 2.24) is 0 Å². The Morgan fingerprint density at radius 1 is 0.564 bits per heavy atom. The lowest BCUT2D eigenvalue weighted by Gasteiger charge is -2.45. The maximum Gasteiger partial charge on any atom is 0.187 e. The Morgan fingerprint density at radius 3 is 1.59 bits per heavy atom. The monoisotopic (exact) mass is 530 g/mol. The van der Waals surface area contributed by atoms with Gasteiger partial charge in [-0.05, 0) is 16.7 Å². The molecule has 1 aliphatic heterocycles. The lowest BCUT2D eigenvalue weighted by atomic mass is 9.98. The second-order valence-electron chi connectivity index (χ2n) is 9.27. The van der Waals surface area contributed by atoms with Crippen LogP contribution in [0.5, 0.6) is 0 Å². The van der Waals surface area contributed by atoms with E-state index in [-0.39, 0.29) is 0 Å². The fourth-order valence-corrected chi connectivity index (χ4v) is 4.46. The van der Waals surface area contributed by atoms with Crippen molar-refractivity contribution in [2.75, 3.05) is 19.8 Å². The second kappa shape index (κ2) is 16.1. The predicted molar refractivity (Wildman–Crippen MR) is 151 cm³/mol. The lowest BCUT2D eigenvalue weighted by Crippen LogP contribution is -2.61. The number of hydrogen-bond donors (Lipinski definition) is 0. The molecule has 0 amide bonds.